The van der Waals surface area contributed by atoms with E-state index in [4.69, 9.17) is 9.47 Å². The van der Waals surface area contributed by atoms with E-state index in [0.29, 0.717) is 11.5 Å². The largest absolute Gasteiger partial charge is 0.454 e. The third-order valence-electron chi connectivity index (χ3n) is 5.32. The van der Waals surface area contributed by atoms with Gasteiger partial charge in [-0.05, 0) is 22.9 Å². The van der Waals surface area contributed by atoms with Gasteiger partial charge in [0.15, 0.2) is 11.5 Å². The molecule has 4 aromatic carbocycles. The van der Waals surface area contributed by atoms with Crippen molar-refractivity contribution in [3.63, 3.8) is 0 Å². The van der Waals surface area contributed by atoms with E-state index in [9.17, 15) is 10.5 Å². The van der Waals surface area contributed by atoms with E-state index >= 15 is 0 Å². The molecule has 0 aliphatic heterocycles. The third kappa shape index (κ3) is 4.00. The highest BCUT2D eigenvalue weighted by atomic mass is 16.5. The van der Waals surface area contributed by atoms with E-state index in [1.54, 1.807) is 12.2 Å². The van der Waals surface area contributed by atoms with E-state index in [0.717, 1.165) is 21.5 Å². The van der Waals surface area contributed by atoms with Crippen LogP contribution < -0.4 is 9.47 Å². The molecule has 0 atom stereocenters. The van der Waals surface area contributed by atoms with Crippen LogP contribution in [0.15, 0.2) is 119 Å². The average molecular weight is 440 g/mol. The summed E-state index contributed by atoms with van der Waals surface area (Å²) in [4.78, 5) is 7.85. The summed E-state index contributed by atoms with van der Waals surface area (Å²) in [5.74, 6) is 1.77. The lowest BCUT2D eigenvalue weighted by Crippen LogP contribution is -2.20. The molecule has 1 aliphatic carbocycles. The molecule has 0 N–H and O–H groups in total. The molecule has 160 valence electrons. The van der Waals surface area contributed by atoms with Gasteiger partial charge in [-0.15, -0.1) is 0 Å². The van der Waals surface area contributed by atoms with Crippen molar-refractivity contribution in [2.75, 3.05) is 0 Å². The second-order valence-corrected chi connectivity index (χ2v) is 7.37. The van der Waals surface area contributed by atoms with Gasteiger partial charge in [-0.1, -0.05) is 72.8 Å². The number of benzene rings is 4. The van der Waals surface area contributed by atoms with Crippen LogP contribution in [0, 0.1) is 22.9 Å². The van der Waals surface area contributed by atoms with Crippen molar-refractivity contribution in [3.8, 4) is 23.9 Å². The molecule has 0 radical (unpaired) electrons. The van der Waals surface area contributed by atoms with Crippen LogP contribution in [0.5, 0.6) is 11.5 Å². The highest BCUT2D eigenvalue weighted by Gasteiger charge is 2.23. The van der Waals surface area contributed by atoms with Crippen molar-refractivity contribution < 1.29 is 9.47 Å². The summed E-state index contributed by atoms with van der Waals surface area (Å²) in [5.41, 5.74) is 0.533. The van der Waals surface area contributed by atoms with Crippen molar-refractivity contribution >= 4 is 33.0 Å². The Balaban J connectivity index is 1.55. The van der Waals surface area contributed by atoms with Crippen LogP contribution in [0.25, 0.3) is 21.5 Å². The molecular formula is C28H16N4O2. The van der Waals surface area contributed by atoms with Crippen molar-refractivity contribution in [1.82, 2.24) is 0 Å². The van der Waals surface area contributed by atoms with Crippen LogP contribution in [-0.4, -0.2) is 11.4 Å². The van der Waals surface area contributed by atoms with Crippen molar-refractivity contribution in [2.24, 2.45) is 9.98 Å². The first-order chi connectivity index (χ1) is 16.8. The van der Waals surface area contributed by atoms with E-state index < -0.39 is 0 Å². The summed E-state index contributed by atoms with van der Waals surface area (Å²) in [5, 5.41) is 22.4. The van der Waals surface area contributed by atoms with Gasteiger partial charge in [0.1, 0.15) is 22.9 Å². The van der Waals surface area contributed by atoms with Crippen LogP contribution in [0.4, 0.5) is 0 Å². The molecule has 0 heterocycles. The Labute approximate surface area is 195 Å². The Morgan fingerprint density at radius 1 is 0.529 bits per heavy atom. The Kier molecular flexibility index (Phi) is 5.55. The summed E-state index contributed by atoms with van der Waals surface area (Å²) in [6.07, 6.45) is 6.74. The van der Waals surface area contributed by atoms with Crippen LogP contribution in [0.1, 0.15) is 0 Å². The van der Waals surface area contributed by atoms with Gasteiger partial charge in [0.05, 0.1) is 0 Å². The first kappa shape index (κ1) is 20.7. The molecule has 0 spiro atoms. The number of fused-ring (bicyclic) bond motifs is 2. The van der Waals surface area contributed by atoms with Crippen molar-refractivity contribution in [1.29, 1.82) is 10.5 Å². The highest BCUT2D eigenvalue weighted by Crippen LogP contribution is 2.31. The van der Waals surface area contributed by atoms with Gasteiger partial charge in [0.2, 0.25) is 12.4 Å². The summed E-state index contributed by atoms with van der Waals surface area (Å²) in [6, 6.07) is 27.0. The smallest absolute Gasteiger partial charge is 0.206 e. The maximum Gasteiger partial charge on any atom is 0.206 e. The van der Waals surface area contributed by atoms with Gasteiger partial charge in [-0.3, -0.25) is 0 Å². The van der Waals surface area contributed by atoms with Gasteiger partial charge in [-0.2, -0.15) is 20.5 Å². The second kappa shape index (κ2) is 9.12. The molecule has 0 amide bonds. The SMILES string of the molecule is N#C/N=C1C=C(Oc2cccc3ccccc23)/C(=N\C#N)C=C/1Oc1cccc2ccccc12. The molecule has 0 aromatic heterocycles. The zero-order valence-corrected chi connectivity index (χ0v) is 17.8. The van der Waals surface area contributed by atoms with E-state index in [-0.39, 0.29) is 22.9 Å². The molecule has 4 aromatic rings. The fourth-order valence-electron chi connectivity index (χ4n) is 3.79. The molecule has 6 heteroatoms. The number of ether oxygens (including phenoxy) is 2. The van der Waals surface area contributed by atoms with Gasteiger partial charge >= 0.3 is 0 Å². The third-order valence-corrected chi connectivity index (χ3v) is 5.32. The molecular weight excluding hydrogens is 424 g/mol. The summed E-state index contributed by atoms with van der Waals surface area (Å²) in [7, 11) is 0. The second-order valence-electron chi connectivity index (χ2n) is 7.37. The number of hydrogen-bond donors (Lipinski definition) is 0. The minimum absolute atomic E-state index is 0.266. The lowest BCUT2D eigenvalue weighted by Gasteiger charge is -2.19. The van der Waals surface area contributed by atoms with Crippen LogP contribution in [0.3, 0.4) is 0 Å². The van der Waals surface area contributed by atoms with E-state index in [1.807, 2.05) is 97.3 Å². The van der Waals surface area contributed by atoms with Gasteiger partial charge in [0, 0.05) is 22.9 Å². The molecule has 5 rings (SSSR count). The summed E-state index contributed by atoms with van der Waals surface area (Å²) < 4.78 is 12.3. The Morgan fingerprint density at radius 2 is 0.941 bits per heavy atom. The zero-order chi connectivity index (χ0) is 23.3. The Hall–Kier alpha value is -5.20. The molecule has 0 saturated carbocycles. The van der Waals surface area contributed by atoms with Gasteiger partial charge < -0.3 is 9.47 Å². The molecule has 0 saturated heterocycles. The summed E-state index contributed by atoms with van der Waals surface area (Å²) >= 11 is 0. The van der Waals surface area contributed by atoms with Crippen LogP contribution >= 0.6 is 0 Å². The minimum Gasteiger partial charge on any atom is -0.454 e. The number of aliphatic imine (C=N–C) groups is 2. The van der Waals surface area contributed by atoms with Crippen molar-refractivity contribution in [3.05, 3.63) is 109 Å². The summed E-state index contributed by atoms with van der Waals surface area (Å²) in [6.45, 7) is 0. The highest BCUT2D eigenvalue weighted by molar-refractivity contribution is 6.23. The predicted molar refractivity (Wildman–Crippen MR) is 131 cm³/mol. The first-order valence-corrected chi connectivity index (χ1v) is 10.5. The lowest BCUT2D eigenvalue weighted by atomic mass is 10.1. The number of allylic oxidation sites excluding steroid dienone is 2. The monoisotopic (exact) mass is 440 g/mol. The fraction of sp³-hybridized carbons (Fsp3) is 0. The van der Waals surface area contributed by atoms with E-state index in [2.05, 4.69) is 9.98 Å². The average Bonchev–Trinajstić information content (AvgIpc) is 2.87. The topological polar surface area (TPSA) is 90.8 Å². The molecule has 0 bridgehead atoms. The lowest BCUT2D eigenvalue weighted by molar-refractivity contribution is 0.447. The predicted octanol–water partition coefficient (Wildman–Crippen LogP) is 6.08. The van der Waals surface area contributed by atoms with Crippen molar-refractivity contribution in [2.45, 2.75) is 0 Å². The molecule has 0 unspecified atom stereocenters. The zero-order valence-electron chi connectivity index (χ0n) is 17.8. The maximum atomic E-state index is 9.29. The molecule has 1 aliphatic rings. The number of nitrogens with zero attached hydrogens (tertiary/aromatic N) is 4. The molecule has 6 nitrogen and oxygen atoms in total. The van der Waals surface area contributed by atoms with Gasteiger partial charge in [-0.25, -0.2) is 0 Å². The number of hydrogen-bond acceptors (Lipinski definition) is 6. The number of rotatable bonds is 4. The molecule has 0 fully saturated rings. The van der Waals surface area contributed by atoms with Crippen LogP contribution in [0.2, 0.25) is 0 Å². The fourth-order valence-corrected chi connectivity index (χ4v) is 3.79. The van der Waals surface area contributed by atoms with E-state index in [1.165, 1.54) is 0 Å². The first-order valence-electron chi connectivity index (χ1n) is 10.5. The normalized spacial score (nSPS) is 15.5. The Morgan fingerprint density at radius 3 is 1.38 bits per heavy atom. The Bertz CT molecular complexity index is 1500. The standard InChI is InChI=1S/C28H16N4O2/c29-17-31-23-16-28(34-26-14-6-10-20-8-2-4-12-22(20)26)24(32-18-30)15-27(23)33-25-13-5-9-19-7-1-3-11-21(19)25/h1-16H/b31-23-,32-24-. The quantitative estimate of drug-likeness (QED) is 0.284. The number of nitriles is 2. The van der Waals surface area contributed by atoms with Crippen LogP contribution in [-0.2, 0) is 0 Å². The maximum absolute atomic E-state index is 9.29. The molecule has 34 heavy (non-hydrogen) atoms. The minimum atomic E-state index is 0.266. The van der Waals surface area contributed by atoms with Gasteiger partial charge in [0.25, 0.3) is 0 Å².